The van der Waals surface area contributed by atoms with E-state index in [1.54, 1.807) is 10.3 Å². The summed E-state index contributed by atoms with van der Waals surface area (Å²) in [5.74, 6) is 0.522. The molecule has 7 heteroatoms. The molecule has 1 aromatic carbocycles. The third kappa shape index (κ3) is 5.53. The lowest BCUT2D eigenvalue weighted by atomic mass is 10.0. The van der Waals surface area contributed by atoms with Crippen LogP contribution in [0, 0.1) is 12.8 Å². The van der Waals surface area contributed by atoms with Gasteiger partial charge in [0.2, 0.25) is 0 Å². The standard InChI is InChI=1S/C20H24N2O4S/c1-14-5-7-16(8-6-14)25-11-18-21-17(13-27-18)20(24)26-12-19(23)22-9-3-4-15(2)10-22/h5-8,13,15H,3-4,9-12H2,1-2H3. The van der Waals surface area contributed by atoms with E-state index in [4.69, 9.17) is 9.47 Å². The maximum Gasteiger partial charge on any atom is 0.358 e. The van der Waals surface area contributed by atoms with E-state index in [1.807, 2.05) is 31.2 Å². The number of esters is 1. The average molecular weight is 388 g/mol. The molecule has 1 atom stereocenters. The van der Waals surface area contributed by atoms with Gasteiger partial charge in [-0.2, -0.15) is 0 Å². The van der Waals surface area contributed by atoms with Crippen molar-refractivity contribution in [2.24, 2.45) is 5.92 Å². The lowest BCUT2D eigenvalue weighted by Gasteiger charge is -2.30. The van der Waals surface area contributed by atoms with E-state index in [-0.39, 0.29) is 24.8 Å². The van der Waals surface area contributed by atoms with Crippen molar-refractivity contribution in [3.8, 4) is 5.75 Å². The molecule has 2 heterocycles. The number of hydrogen-bond donors (Lipinski definition) is 0. The molecule has 3 rings (SSSR count). The first kappa shape index (κ1) is 19.4. The number of hydrogen-bond acceptors (Lipinski definition) is 6. The fourth-order valence-electron chi connectivity index (χ4n) is 2.96. The summed E-state index contributed by atoms with van der Waals surface area (Å²) in [5.41, 5.74) is 1.37. The predicted octanol–water partition coefficient (Wildman–Crippen LogP) is 3.45. The Kier molecular flexibility index (Phi) is 6.45. The van der Waals surface area contributed by atoms with Gasteiger partial charge in [0.15, 0.2) is 12.3 Å². The van der Waals surface area contributed by atoms with Crippen LogP contribution in [0.5, 0.6) is 5.75 Å². The van der Waals surface area contributed by atoms with Crippen LogP contribution in [0.25, 0.3) is 0 Å². The zero-order chi connectivity index (χ0) is 19.2. The normalized spacial score (nSPS) is 16.8. The molecule has 1 aromatic heterocycles. The van der Waals surface area contributed by atoms with Crippen molar-refractivity contribution in [3.05, 3.63) is 45.9 Å². The summed E-state index contributed by atoms with van der Waals surface area (Å²) in [4.78, 5) is 30.3. The summed E-state index contributed by atoms with van der Waals surface area (Å²) < 4.78 is 10.8. The van der Waals surface area contributed by atoms with Gasteiger partial charge < -0.3 is 14.4 Å². The summed E-state index contributed by atoms with van der Waals surface area (Å²) in [6.07, 6.45) is 2.13. The van der Waals surface area contributed by atoms with Crippen LogP contribution >= 0.6 is 11.3 Å². The molecule has 1 saturated heterocycles. The Balaban J connectivity index is 1.46. The molecule has 6 nitrogen and oxygen atoms in total. The molecule has 1 fully saturated rings. The first-order chi connectivity index (χ1) is 13.0. The lowest BCUT2D eigenvalue weighted by molar-refractivity contribution is -0.136. The summed E-state index contributed by atoms with van der Waals surface area (Å²) in [6.45, 7) is 5.65. The van der Waals surface area contributed by atoms with Crippen molar-refractivity contribution >= 4 is 23.2 Å². The second kappa shape index (κ2) is 8.99. The zero-order valence-electron chi connectivity index (χ0n) is 15.6. The third-order valence-corrected chi connectivity index (χ3v) is 5.30. The van der Waals surface area contributed by atoms with Gasteiger partial charge in [0.25, 0.3) is 5.91 Å². The molecular formula is C20H24N2O4S. The van der Waals surface area contributed by atoms with Crippen molar-refractivity contribution in [2.45, 2.75) is 33.3 Å². The number of carbonyl (C=O) groups excluding carboxylic acids is 2. The fourth-order valence-corrected chi connectivity index (χ4v) is 3.63. The van der Waals surface area contributed by atoms with Gasteiger partial charge in [-0.05, 0) is 37.8 Å². The molecule has 0 bridgehead atoms. The Hall–Kier alpha value is -2.41. The number of benzene rings is 1. The first-order valence-electron chi connectivity index (χ1n) is 9.10. The molecule has 2 aromatic rings. The van der Waals surface area contributed by atoms with Gasteiger partial charge in [-0.25, -0.2) is 9.78 Å². The van der Waals surface area contributed by atoms with Gasteiger partial charge in [0, 0.05) is 18.5 Å². The van der Waals surface area contributed by atoms with Crippen LogP contribution in [-0.2, 0) is 16.1 Å². The fraction of sp³-hybridized carbons (Fsp3) is 0.450. The summed E-state index contributed by atoms with van der Waals surface area (Å²) in [5, 5.41) is 2.31. The number of rotatable bonds is 6. The first-order valence-corrected chi connectivity index (χ1v) is 9.98. The number of nitrogens with zero attached hydrogens (tertiary/aromatic N) is 2. The molecule has 1 unspecified atom stereocenters. The van der Waals surface area contributed by atoms with Crippen LogP contribution in [0.3, 0.4) is 0 Å². The molecule has 0 saturated carbocycles. The number of ether oxygens (including phenoxy) is 2. The van der Waals surface area contributed by atoms with Gasteiger partial charge in [-0.1, -0.05) is 24.6 Å². The molecule has 0 radical (unpaired) electrons. The molecule has 0 aliphatic carbocycles. The highest BCUT2D eigenvalue weighted by atomic mass is 32.1. The molecule has 1 aliphatic rings. The van der Waals surface area contributed by atoms with Crippen molar-refractivity contribution < 1.29 is 19.1 Å². The minimum absolute atomic E-state index is 0.145. The molecule has 144 valence electrons. The minimum atomic E-state index is -0.578. The van der Waals surface area contributed by atoms with E-state index < -0.39 is 5.97 Å². The van der Waals surface area contributed by atoms with Gasteiger partial charge >= 0.3 is 5.97 Å². The van der Waals surface area contributed by atoms with E-state index >= 15 is 0 Å². The summed E-state index contributed by atoms with van der Waals surface area (Å²) in [6, 6.07) is 7.73. The Labute approximate surface area is 163 Å². The number of aryl methyl sites for hydroxylation is 1. The molecule has 27 heavy (non-hydrogen) atoms. The van der Waals surface area contributed by atoms with Crippen molar-refractivity contribution in [3.63, 3.8) is 0 Å². The van der Waals surface area contributed by atoms with Gasteiger partial charge in [-0.3, -0.25) is 4.79 Å². The SMILES string of the molecule is Cc1ccc(OCc2nc(C(=O)OCC(=O)N3CCCC(C)C3)cs2)cc1. The number of thiazole rings is 1. The molecule has 1 amide bonds. The lowest BCUT2D eigenvalue weighted by Crippen LogP contribution is -2.41. The molecular weight excluding hydrogens is 364 g/mol. The van der Waals surface area contributed by atoms with Crippen LogP contribution in [0.4, 0.5) is 0 Å². The predicted molar refractivity (Wildman–Crippen MR) is 103 cm³/mol. The summed E-state index contributed by atoms with van der Waals surface area (Å²) in [7, 11) is 0. The van der Waals surface area contributed by atoms with Crippen LogP contribution < -0.4 is 4.74 Å². The van der Waals surface area contributed by atoms with Crippen molar-refractivity contribution in [1.82, 2.24) is 9.88 Å². The molecule has 1 aliphatic heterocycles. The van der Waals surface area contributed by atoms with Crippen LogP contribution in [0.1, 0.15) is 40.8 Å². The number of carbonyl (C=O) groups is 2. The monoisotopic (exact) mass is 388 g/mol. The number of amides is 1. The smallest absolute Gasteiger partial charge is 0.358 e. The highest BCUT2D eigenvalue weighted by Crippen LogP contribution is 2.17. The van der Waals surface area contributed by atoms with E-state index in [0.717, 1.165) is 37.2 Å². The van der Waals surface area contributed by atoms with Gasteiger partial charge in [0.05, 0.1) is 0 Å². The second-order valence-corrected chi connectivity index (χ2v) is 7.83. The summed E-state index contributed by atoms with van der Waals surface area (Å²) >= 11 is 1.33. The minimum Gasteiger partial charge on any atom is -0.486 e. The van der Waals surface area contributed by atoms with Crippen LogP contribution in [-0.4, -0.2) is 41.5 Å². The van der Waals surface area contributed by atoms with E-state index in [0.29, 0.717) is 10.9 Å². The third-order valence-electron chi connectivity index (χ3n) is 4.48. The van der Waals surface area contributed by atoms with Gasteiger partial charge in [0.1, 0.15) is 17.4 Å². The maximum atomic E-state index is 12.2. The highest BCUT2D eigenvalue weighted by molar-refractivity contribution is 7.09. The largest absolute Gasteiger partial charge is 0.486 e. The topological polar surface area (TPSA) is 68.7 Å². The zero-order valence-corrected chi connectivity index (χ0v) is 16.5. The Morgan fingerprint density at radius 1 is 1.30 bits per heavy atom. The Bertz CT molecular complexity index is 788. The van der Waals surface area contributed by atoms with Crippen LogP contribution in [0.15, 0.2) is 29.6 Å². The van der Waals surface area contributed by atoms with E-state index in [2.05, 4.69) is 11.9 Å². The van der Waals surface area contributed by atoms with Gasteiger partial charge in [-0.15, -0.1) is 11.3 Å². The maximum absolute atomic E-state index is 12.2. The number of piperidine rings is 1. The van der Waals surface area contributed by atoms with Crippen molar-refractivity contribution in [1.29, 1.82) is 0 Å². The Morgan fingerprint density at radius 3 is 2.81 bits per heavy atom. The Morgan fingerprint density at radius 2 is 2.07 bits per heavy atom. The van der Waals surface area contributed by atoms with E-state index in [9.17, 15) is 9.59 Å². The van der Waals surface area contributed by atoms with Crippen LogP contribution in [0.2, 0.25) is 0 Å². The molecule has 0 spiro atoms. The quantitative estimate of drug-likeness (QED) is 0.709. The average Bonchev–Trinajstić information content (AvgIpc) is 3.14. The molecule has 0 N–H and O–H groups in total. The van der Waals surface area contributed by atoms with E-state index in [1.165, 1.54) is 11.3 Å². The number of likely N-dealkylation sites (tertiary alicyclic amines) is 1. The highest BCUT2D eigenvalue weighted by Gasteiger charge is 2.22. The number of aromatic nitrogens is 1. The van der Waals surface area contributed by atoms with Crippen molar-refractivity contribution in [2.75, 3.05) is 19.7 Å². The second-order valence-electron chi connectivity index (χ2n) is 6.89.